The Kier molecular flexibility index (Phi) is 3.36. The van der Waals surface area contributed by atoms with Gasteiger partial charge < -0.3 is 10.1 Å². The lowest BCUT2D eigenvalue weighted by Crippen LogP contribution is -2.33. The molecule has 0 heterocycles. The van der Waals surface area contributed by atoms with E-state index in [1.54, 1.807) is 0 Å². The van der Waals surface area contributed by atoms with Gasteiger partial charge in [0.2, 0.25) is 0 Å². The Labute approximate surface area is 169 Å². The first-order valence-corrected chi connectivity index (χ1v) is 9.92. The molecule has 3 heteroatoms. The van der Waals surface area contributed by atoms with Gasteiger partial charge in [0.05, 0.1) is 0 Å². The third kappa shape index (κ3) is 2.40. The fourth-order valence-corrected chi connectivity index (χ4v) is 4.90. The highest BCUT2D eigenvalue weighted by Gasteiger charge is 2.61. The molecular formula is C26H19NO2. The van der Waals surface area contributed by atoms with Gasteiger partial charge in [-0.2, -0.15) is 0 Å². The van der Waals surface area contributed by atoms with Crippen molar-refractivity contribution in [2.24, 2.45) is 0 Å². The predicted molar refractivity (Wildman–Crippen MR) is 114 cm³/mol. The number of hydrogen-bond donors (Lipinski definition) is 1. The molecule has 1 spiro atoms. The first-order chi connectivity index (χ1) is 14.3. The Morgan fingerprint density at radius 1 is 0.793 bits per heavy atom. The maximum atomic E-state index is 12.6. The molecule has 4 aromatic carbocycles. The zero-order valence-corrected chi connectivity index (χ0v) is 15.8. The van der Waals surface area contributed by atoms with E-state index in [9.17, 15) is 4.79 Å². The van der Waals surface area contributed by atoms with Gasteiger partial charge in [-0.1, -0.05) is 78.9 Å². The quantitative estimate of drug-likeness (QED) is 0.489. The molecule has 0 saturated heterocycles. The maximum Gasteiger partial charge on any atom is 0.412 e. The normalized spacial score (nSPS) is 17.6. The molecule has 2 aliphatic carbocycles. The molecule has 3 nitrogen and oxygen atoms in total. The summed E-state index contributed by atoms with van der Waals surface area (Å²) in [6.45, 7) is 0. The lowest BCUT2D eigenvalue weighted by molar-refractivity contribution is 0.199. The second-order valence-corrected chi connectivity index (χ2v) is 7.86. The summed E-state index contributed by atoms with van der Waals surface area (Å²) in [7, 11) is 0. The molecule has 0 radical (unpaired) electrons. The molecule has 0 bridgehead atoms. The molecule has 2 aliphatic rings. The minimum Gasteiger partial charge on any atom is -0.410 e. The van der Waals surface area contributed by atoms with Crippen molar-refractivity contribution in [3.63, 3.8) is 0 Å². The molecule has 1 amide bonds. The van der Waals surface area contributed by atoms with Crippen LogP contribution < -0.4 is 10.1 Å². The van der Waals surface area contributed by atoms with Gasteiger partial charge in [0.25, 0.3) is 0 Å². The summed E-state index contributed by atoms with van der Waals surface area (Å²) in [5.74, 6) is 0.558. The third-order valence-corrected chi connectivity index (χ3v) is 6.29. The van der Waals surface area contributed by atoms with Crippen molar-refractivity contribution in [2.75, 3.05) is 0 Å². The second-order valence-electron chi connectivity index (χ2n) is 7.86. The first-order valence-electron chi connectivity index (χ1n) is 9.92. The average molecular weight is 377 g/mol. The van der Waals surface area contributed by atoms with E-state index < -0.39 is 6.09 Å². The number of carbonyl (C=O) groups is 1. The minimum absolute atomic E-state index is 0.0419. The Bertz CT molecular complexity index is 1230. The molecule has 0 aliphatic heterocycles. The smallest absolute Gasteiger partial charge is 0.410 e. The van der Waals surface area contributed by atoms with Gasteiger partial charge >= 0.3 is 6.09 Å². The van der Waals surface area contributed by atoms with Crippen LogP contribution in [0.25, 0.3) is 21.9 Å². The van der Waals surface area contributed by atoms with Crippen LogP contribution in [0, 0.1) is 0 Å². The largest absolute Gasteiger partial charge is 0.412 e. The summed E-state index contributed by atoms with van der Waals surface area (Å²) in [5, 5.41) is 5.28. The number of rotatable bonds is 2. The van der Waals surface area contributed by atoms with E-state index in [0.717, 1.165) is 17.2 Å². The topological polar surface area (TPSA) is 38.3 Å². The molecule has 1 N–H and O–H groups in total. The highest BCUT2D eigenvalue weighted by Crippen LogP contribution is 2.62. The molecule has 1 atom stereocenters. The first kappa shape index (κ1) is 16.4. The summed E-state index contributed by atoms with van der Waals surface area (Å²) in [4.78, 5) is 12.6. The summed E-state index contributed by atoms with van der Waals surface area (Å²) >= 11 is 0. The van der Waals surface area contributed by atoms with Gasteiger partial charge in [-0.05, 0) is 51.6 Å². The summed E-state index contributed by atoms with van der Waals surface area (Å²) in [5.41, 5.74) is 5.02. The van der Waals surface area contributed by atoms with Crippen LogP contribution in [-0.2, 0) is 5.41 Å². The maximum absolute atomic E-state index is 12.6. The van der Waals surface area contributed by atoms with Crippen LogP contribution in [-0.4, -0.2) is 12.1 Å². The lowest BCUT2D eigenvalue weighted by atomic mass is 9.93. The van der Waals surface area contributed by atoms with Crippen LogP contribution in [0.3, 0.4) is 0 Å². The van der Waals surface area contributed by atoms with E-state index >= 15 is 0 Å². The molecule has 6 rings (SSSR count). The Balaban J connectivity index is 1.26. The highest BCUT2D eigenvalue weighted by molar-refractivity contribution is 5.86. The van der Waals surface area contributed by atoms with E-state index in [1.165, 1.54) is 22.3 Å². The molecule has 1 saturated carbocycles. The van der Waals surface area contributed by atoms with Crippen molar-refractivity contribution in [3.8, 4) is 16.9 Å². The minimum atomic E-state index is -0.399. The number of fused-ring (bicyclic) bond motifs is 6. The summed E-state index contributed by atoms with van der Waals surface area (Å²) in [6, 6.07) is 30.8. The van der Waals surface area contributed by atoms with E-state index in [4.69, 9.17) is 4.74 Å². The van der Waals surface area contributed by atoms with E-state index in [2.05, 4.69) is 53.8 Å². The molecule has 0 unspecified atom stereocenters. The number of hydrogen-bond acceptors (Lipinski definition) is 2. The van der Waals surface area contributed by atoms with E-state index in [-0.39, 0.29) is 11.5 Å². The van der Waals surface area contributed by atoms with Crippen LogP contribution in [0.4, 0.5) is 4.79 Å². The zero-order valence-electron chi connectivity index (χ0n) is 15.8. The number of nitrogens with one attached hydrogen (secondary N) is 1. The summed E-state index contributed by atoms with van der Waals surface area (Å²) in [6.07, 6.45) is 0.498. The number of carbonyl (C=O) groups excluding carboxylic acids is 1. The standard InChI is InChI=1S/C26H19NO2/c28-25(29-19-14-13-17-7-1-2-8-18(17)15-19)27-24-16-26(24)22-11-5-3-9-20(22)21-10-4-6-12-23(21)26/h1-15,24H,16H2,(H,27,28)/t24-/m1/s1. The lowest BCUT2D eigenvalue weighted by Gasteiger charge is -2.15. The van der Waals surface area contributed by atoms with Gasteiger partial charge in [-0.25, -0.2) is 4.79 Å². The number of benzene rings is 4. The van der Waals surface area contributed by atoms with Crippen LogP contribution in [0.15, 0.2) is 91.0 Å². The highest BCUT2D eigenvalue weighted by atomic mass is 16.6. The van der Waals surface area contributed by atoms with Gasteiger partial charge in [0.1, 0.15) is 5.75 Å². The third-order valence-electron chi connectivity index (χ3n) is 6.29. The zero-order chi connectivity index (χ0) is 19.4. The van der Waals surface area contributed by atoms with Gasteiger partial charge in [-0.3, -0.25) is 0 Å². The fraction of sp³-hybridized carbons (Fsp3) is 0.115. The van der Waals surface area contributed by atoms with Crippen molar-refractivity contribution in [2.45, 2.75) is 17.9 Å². The SMILES string of the molecule is O=C(N[C@@H]1CC12c1ccccc1-c1ccccc12)Oc1ccc2ccccc2c1. The van der Waals surface area contributed by atoms with Crippen molar-refractivity contribution >= 4 is 16.9 Å². The van der Waals surface area contributed by atoms with E-state index in [0.29, 0.717) is 5.75 Å². The number of amides is 1. The molecule has 140 valence electrons. The van der Waals surface area contributed by atoms with Crippen LogP contribution in [0.5, 0.6) is 5.75 Å². The van der Waals surface area contributed by atoms with Crippen LogP contribution >= 0.6 is 0 Å². The molecule has 0 aromatic heterocycles. The van der Waals surface area contributed by atoms with Crippen LogP contribution in [0.1, 0.15) is 17.5 Å². The Morgan fingerprint density at radius 3 is 2.14 bits per heavy atom. The van der Waals surface area contributed by atoms with E-state index in [1.807, 2.05) is 42.5 Å². The average Bonchev–Trinajstić information content (AvgIpc) is 3.40. The van der Waals surface area contributed by atoms with Gasteiger partial charge in [0.15, 0.2) is 0 Å². The number of ether oxygens (including phenoxy) is 1. The predicted octanol–water partition coefficient (Wildman–Crippen LogP) is 5.67. The molecule has 29 heavy (non-hydrogen) atoms. The Morgan fingerprint density at radius 2 is 1.41 bits per heavy atom. The van der Waals surface area contributed by atoms with Crippen molar-refractivity contribution in [1.29, 1.82) is 0 Å². The van der Waals surface area contributed by atoms with Crippen molar-refractivity contribution in [1.82, 2.24) is 5.32 Å². The second kappa shape index (κ2) is 5.95. The monoisotopic (exact) mass is 377 g/mol. The molecule has 4 aromatic rings. The Hall–Kier alpha value is -3.59. The van der Waals surface area contributed by atoms with Crippen molar-refractivity contribution < 1.29 is 9.53 Å². The molecular weight excluding hydrogens is 358 g/mol. The van der Waals surface area contributed by atoms with Gasteiger partial charge in [-0.15, -0.1) is 0 Å². The van der Waals surface area contributed by atoms with Gasteiger partial charge in [0, 0.05) is 11.5 Å². The van der Waals surface area contributed by atoms with Crippen LogP contribution in [0.2, 0.25) is 0 Å². The summed E-state index contributed by atoms with van der Waals surface area (Å²) < 4.78 is 5.60. The fourth-order valence-electron chi connectivity index (χ4n) is 4.90. The molecule has 1 fully saturated rings. The van der Waals surface area contributed by atoms with Crippen molar-refractivity contribution in [3.05, 3.63) is 102 Å².